The van der Waals surface area contributed by atoms with Crippen molar-refractivity contribution < 1.29 is 14.3 Å². The third kappa shape index (κ3) is 9.11. The number of nitrogens with zero attached hydrogens (tertiary/aromatic N) is 5. The first-order valence-electron chi connectivity index (χ1n) is 18.6. The summed E-state index contributed by atoms with van der Waals surface area (Å²) in [5.41, 5.74) is 15.4. The first-order chi connectivity index (χ1) is 26.8. The number of hydrogen-bond donors (Lipinski definition) is 1. The van der Waals surface area contributed by atoms with Gasteiger partial charge in [-0.25, -0.2) is 14.8 Å². The van der Waals surface area contributed by atoms with E-state index in [4.69, 9.17) is 21.8 Å². The lowest BCUT2D eigenvalue weighted by Gasteiger charge is -2.22. The van der Waals surface area contributed by atoms with Gasteiger partial charge in [0.05, 0.1) is 30.9 Å². The number of primary amides is 1. The molecule has 0 bridgehead atoms. The van der Waals surface area contributed by atoms with Gasteiger partial charge in [-0.1, -0.05) is 91.0 Å². The molecule has 9 heteroatoms. The molecule has 0 aliphatic carbocycles. The molecule has 2 saturated heterocycles. The molecule has 6 aromatic rings. The average molecular weight is 729 g/mol. The summed E-state index contributed by atoms with van der Waals surface area (Å²) >= 11 is 0. The lowest BCUT2D eigenvalue weighted by molar-refractivity contribution is 0.100. The van der Waals surface area contributed by atoms with Crippen LogP contribution in [0.3, 0.4) is 0 Å². The Morgan fingerprint density at radius 1 is 0.655 bits per heavy atom. The van der Waals surface area contributed by atoms with Gasteiger partial charge in [-0.3, -0.25) is 4.79 Å². The SMILES string of the molecule is Cc1ccc(O[C@H]2CCN(c3cc(-c4ccccc4)ccc3C(N)=O)C2)nc1.[C-]#[N+]c1ccc(-c2ccccc2)cc1N1CC[C@H](Oc2ccc(C)cn2)C1. The van der Waals surface area contributed by atoms with Crippen LogP contribution in [-0.4, -0.2) is 54.3 Å². The molecule has 2 aliphatic rings. The van der Waals surface area contributed by atoms with Crippen LogP contribution < -0.4 is 25.0 Å². The van der Waals surface area contributed by atoms with E-state index < -0.39 is 5.91 Å². The normalized spacial score (nSPS) is 16.2. The van der Waals surface area contributed by atoms with E-state index in [1.165, 1.54) is 0 Å². The fourth-order valence-electron chi connectivity index (χ4n) is 6.97. The minimum Gasteiger partial charge on any atom is -0.472 e. The smallest absolute Gasteiger partial charge is 0.250 e. The van der Waals surface area contributed by atoms with E-state index in [1.807, 2.05) is 111 Å². The third-order valence-electron chi connectivity index (χ3n) is 9.89. The first kappa shape index (κ1) is 36.7. The van der Waals surface area contributed by atoms with Crippen LogP contribution in [0.25, 0.3) is 27.1 Å². The number of amides is 1. The molecule has 276 valence electrons. The number of nitrogens with two attached hydrogens (primary N) is 1. The summed E-state index contributed by atoms with van der Waals surface area (Å²) < 4.78 is 12.1. The van der Waals surface area contributed by atoms with Crippen LogP contribution in [-0.2, 0) is 0 Å². The van der Waals surface area contributed by atoms with Gasteiger partial charge in [0, 0.05) is 56.1 Å². The maximum atomic E-state index is 12.0. The Bertz CT molecular complexity index is 2260. The topological polar surface area (TPSA) is 98.2 Å². The molecular formula is C46H44N6O3. The zero-order valence-corrected chi connectivity index (χ0v) is 31.1. The van der Waals surface area contributed by atoms with Gasteiger partial charge in [-0.15, -0.1) is 0 Å². The van der Waals surface area contributed by atoms with Crippen molar-refractivity contribution in [3.8, 4) is 34.0 Å². The quantitative estimate of drug-likeness (QED) is 0.148. The van der Waals surface area contributed by atoms with Gasteiger partial charge in [0.25, 0.3) is 5.91 Å². The second-order valence-corrected chi connectivity index (χ2v) is 13.9. The summed E-state index contributed by atoms with van der Waals surface area (Å²) in [6.45, 7) is 14.7. The number of aromatic nitrogens is 2. The molecule has 55 heavy (non-hydrogen) atoms. The van der Waals surface area contributed by atoms with Gasteiger partial charge in [-0.2, -0.15) is 0 Å². The minimum atomic E-state index is -0.417. The second-order valence-electron chi connectivity index (χ2n) is 13.9. The minimum absolute atomic E-state index is 0.0244. The van der Waals surface area contributed by atoms with Crippen LogP contribution in [0.15, 0.2) is 134 Å². The van der Waals surface area contributed by atoms with Gasteiger partial charge in [0.15, 0.2) is 0 Å². The average Bonchev–Trinajstić information content (AvgIpc) is 3.90. The van der Waals surface area contributed by atoms with Crippen molar-refractivity contribution >= 4 is 23.0 Å². The summed E-state index contributed by atoms with van der Waals surface area (Å²) in [6.07, 6.45) is 5.51. The van der Waals surface area contributed by atoms with E-state index in [1.54, 1.807) is 6.20 Å². The van der Waals surface area contributed by atoms with Crippen molar-refractivity contribution in [1.29, 1.82) is 0 Å². The van der Waals surface area contributed by atoms with Crippen molar-refractivity contribution in [2.75, 3.05) is 36.0 Å². The van der Waals surface area contributed by atoms with E-state index in [0.717, 1.165) is 77.2 Å². The van der Waals surface area contributed by atoms with E-state index in [2.05, 4.69) is 54.9 Å². The summed E-state index contributed by atoms with van der Waals surface area (Å²) in [6, 6.07) is 40.0. The molecule has 8 rings (SSSR count). The predicted octanol–water partition coefficient (Wildman–Crippen LogP) is 9.08. The molecule has 0 unspecified atom stereocenters. The molecule has 2 fully saturated rings. The highest BCUT2D eigenvalue weighted by Crippen LogP contribution is 2.36. The molecule has 2 aliphatic heterocycles. The fraction of sp³-hybridized carbons (Fsp3) is 0.217. The highest BCUT2D eigenvalue weighted by atomic mass is 16.5. The van der Waals surface area contributed by atoms with E-state index in [-0.39, 0.29) is 12.2 Å². The Hall–Kier alpha value is -6.66. The van der Waals surface area contributed by atoms with Crippen LogP contribution >= 0.6 is 0 Å². The Morgan fingerprint density at radius 2 is 1.15 bits per heavy atom. The van der Waals surface area contributed by atoms with Crippen molar-refractivity contribution in [1.82, 2.24) is 9.97 Å². The zero-order valence-electron chi connectivity index (χ0n) is 31.1. The van der Waals surface area contributed by atoms with Crippen molar-refractivity contribution in [2.45, 2.75) is 38.9 Å². The van der Waals surface area contributed by atoms with Crippen LogP contribution in [0.4, 0.5) is 17.1 Å². The summed E-state index contributed by atoms with van der Waals surface area (Å²) in [4.78, 5) is 28.8. The Balaban J connectivity index is 0.000000169. The van der Waals surface area contributed by atoms with Crippen molar-refractivity contribution in [3.63, 3.8) is 0 Å². The number of rotatable bonds is 9. The molecule has 0 saturated carbocycles. The first-order valence-corrected chi connectivity index (χ1v) is 18.6. The molecule has 0 spiro atoms. The summed E-state index contributed by atoms with van der Waals surface area (Å²) in [5, 5.41) is 0. The predicted molar refractivity (Wildman–Crippen MR) is 219 cm³/mol. The lowest BCUT2D eigenvalue weighted by Crippen LogP contribution is -2.27. The number of benzene rings is 4. The number of anilines is 2. The molecule has 2 atom stereocenters. The van der Waals surface area contributed by atoms with Gasteiger partial charge < -0.3 is 25.0 Å². The molecular weight excluding hydrogens is 685 g/mol. The van der Waals surface area contributed by atoms with Gasteiger partial charge in [0.1, 0.15) is 12.2 Å². The highest BCUT2D eigenvalue weighted by Gasteiger charge is 2.28. The van der Waals surface area contributed by atoms with Crippen LogP contribution in [0, 0.1) is 20.4 Å². The van der Waals surface area contributed by atoms with E-state index >= 15 is 0 Å². The van der Waals surface area contributed by atoms with Crippen molar-refractivity contribution in [2.24, 2.45) is 5.73 Å². The maximum absolute atomic E-state index is 12.0. The molecule has 2 N–H and O–H groups in total. The number of aryl methyl sites for hydroxylation is 2. The maximum Gasteiger partial charge on any atom is 0.250 e. The molecule has 9 nitrogen and oxygen atoms in total. The number of ether oxygens (including phenoxy) is 2. The number of pyridine rings is 2. The third-order valence-corrected chi connectivity index (χ3v) is 9.89. The molecule has 4 aromatic carbocycles. The van der Waals surface area contributed by atoms with Gasteiger partial charge in [0.2, 0.25) is 17.4 Å². The molecule has 2 aromatic heterocycles. The monoisotopic (exact) mass is 728 g/mol. The van der Waals surface area contributed by atoms with Crippen LogP contribution in [0.2, 0.25) is 0 Å². The van der Waals surface area contributed by atoms with E-state index in [0.29, 0.717) is 29.6 Å². The Labute approximate surface area is 322 Å². The fourth-order valence-corrected chi connectivity index (χ4v) is 6.97. The summed E-state index contributed by atoms with van der Waals surface area (Å²) in [7, 11) is 0. The highest BCUT2D eigenvalue weighted by molar-refractivity contribution is 5.99. The van der Waals surface area contributed by atoms with Crippen LogP contribution in [0.5, 0.6) is 11.8 Å². The molecule has 4 heterocycles. The number of carbonyl (C=O) groups excluding carboxylic acids is 1. The molecule has 0 radical (unpaired) electrons. The zero-order chi connectivity index (χ0) is 38.1. The Morgan fingerprint density at radius 3 is 1.62 bits per heavy atom. The number of hydrogen-bond acceptors (Lipinski definition) is 7. The standard InChI is InChI=1S/C23H23N3O2.C23H21N3O/c1-16-7-10-22(25-14-16)28-19-11-12-26(15-19)21-13-18(8-9-20(21)23(24)27)17-5-3-2-4-6-17;1-17-8-11-23(25-15-17)27-20-12-13-26(16-20)22-14-19(9-10-21(22)24-2)18-6-4-3-5-7-18/h2-10,13-14,19H,11-12,15H2,1H3,(H2,24,27);3-11,14-15,20H,12-13,16H2,1H3/t19-;20-/m00/s1. The Kier molecular flexibility index (Phi) is 11.3. The van der Waals surface area contributed by atoms with E-state index in [9.17, 15) is 4.79 Å². The lowest BCUT2D eigenvalue weighted by atomic mass is 10.0. The van der Waals surface area contributed by atoms with Crippen molar-refractivity contribution in [3.05, 3.63) is 162 Å². The van der Waals surface area contributed by atoms with Gasteiger partial charge >= 0.3 is 0 Å². The molecule has 1 amide bonds. The van der Waals surface area contributed by atoms with Gasteiger partial charge in [-0.05, 0) is 65.4 Å². The van der Waals surface area contributed by atoms with Crippen LogP contribution in [0.1, 0.15) is 34.3 Å². The summed E-state index contributed by atoms with van der Waals surface area (Å²) in [5.74, 6) is 0.876. The number of carbonyl (C=O) groups is 1. The second kappa shape index (κ2) is 17.0. The largest absolute Gasteiger partial charge is 0.472 e.